The second kappa shape index (κ2) is 2.62. The third-order valence-electron chi connectivity index (χ3n) is 1.49. The largest absolute Gasteiger partial charge is 0.388 e. The SMILES string of the molecule is NC[C@@H]1OC[C@H](O)[C@@H]1O. The van der Waals surface area contributed by atoms with Crippen molar-refractivity contribution in [3.8, 4) is 0 Å². The van der Waals surface area contributed by atoms with Crippen LogP contribution >= 0.6 is 0 Å². The van der Waals surface area contributed by atoms with E-state index < -0.39 is 12.2 Å². The van der Waals surface area contributed by atoms with Gasteiger partial charge >= 0.3 is 0 Å². The van der Waals surface area contributed by atoms with Crippen molar-refractivity contribution in [2.24, 2.45) is 5.73 Å². The summed E-state index contributed by atoms with van der Waals surface area (Å²) in [5, 5.41) is 17.9. The van der Waals surface area contributed by atoms with Crippen LogP contribution in [-0.4, -0.2) is 41.7 Å². The van der Waals surface area contributed by atoms with E-state index in [4.69, 9.17) is 20.7 Å². The van der Waals surface area contributed by atoms with Crippen molar-refractivity contribution in [3.63, 3.8) is 0 Å². The molecule has 0 spiro atoms. The molecule has 0 bridgehead atoms. The Morgan fingerprint density at radius 3 is 2.44 bits per heavy atom. The summed E-state index contributed by atoms with van der Waals surface area (Å²) in [6.07, 6.45) is -1.92. The molecule has 1 saturated heterocycles. The standard InChI is InChI=1S/C5H11NO3/c6-1-4-5(8)3(7)2-9-4/h3-5,7-8H,1-2,6H2/t3-,4-,5-/m0/s1. The molecule has 4 nitrogen and oxygen atoms in total. The zero-order valence-electron chi connectivity index (χ0n) is 5.03. The summed E-state index contributed by atoms with van der Waals surface area (Å²) in [6.45, 7) is 0.460. The van der Waals surface area contributed by atoms with Crippen LogP contribution in [0.4, 0.5) is 0 Å². The maximum atomic E-state index is 9.00. The molecule has 1 aliphatic rings. The molecule has 0 aromatic rings. The predicted octanol–water partition coefficient (Wildman–Crippen LogP) is -1.93. The number of rotatable bonds is 1. The summed E-state index contributed by atoms with van der Waals surface area (Å²) in [7, 11) is 0. The Kier molecular flexibility index (Phi) is 2.02. The zero-order valence-corrected chi connectivity index (χ0v) is 5.03. The maximum Gasteiger partial charge on any atom is 0.109 e. The molecule has 3 atom stereocenters. The summed E-state index contributed by atoms with van der Waals surface area (Å²) < 4.78 is 4.90. The molecular weight excluding hydrogens is 122 g/mol. The lowest BCUT2D eigenvalue weighted by Gasteiger charge is -2.10. The second-order valence-electron chi connectivity index (χ2n) is 2.17. The van der Waals surface area contributed by atoms with Gasteiger partial charge < -0.3 is 20.7 Å². The molecule has 0 aromatic carbocycles. The molecule has 0 unspecified atom stereocenters. The minimum Gasteiger partial charge on any atom is -0.388 e. The fourth-order valence-corrected chi connectivity index (χ4v) is 0.875. The van der Waals surface area contributed by atoms with Crippen molar-refractivity contribution in [1.82, 2.24) is 0 Å². The smallest absolute Gasteiger partial charge is 0.109 e. The highest BCUT2D eigenvalue weighted by Crippen LogP contribution is 2.12. The van der Waals surface area contributed by atoms with E-state index in [9.17, 15) is 0 Å². The quantitative estimate of drug-likeness (QED) is 0.389. The monoisotopic (exact) mass is 133 g/mol. The van der Waals surface area contributed by atoms with Crippen LogP contribution in [0.25, 0.3) is 0 Å². The molecule has 4 heteroatoms. The molecule has 0 radical (unpaired) electrons. The molecule has 0 amide bonds. The Morgan fingerprint density at radius 1 is 1.56 bits per heavy atom. The van der Waals surface area contributed by atoms with Crippen LogP contribution in [0, 0.1) is 0 Å². The van der Waals surface area contributed by atoms with E-state index in [-0.39, 0.29) is 19.3 Å². The molecule has 0 aromatic heterocycles. The molecule has 1 aliphatic heterocycles. The van der Waals surface area contributed by atoms with Crippen molar-refractivity contribution < 1.29 is 14.9 Å². The first-order chi connectivity index (χ1) is 4.25. The third kappa shape index (κ3) is 1.21. The van der Waals surface area contributed by atoms with Crippen molar-refractivity contribution in [2.45, 2.75) is 18.3 Å². The Morgan fingerprint density at radius 2 is 2.22 bits per heavy atom. The fourth-order valence-electron chi connectivity index (χ4n) is 0.875. The van der Waals surface area contributed by atoms with Gasteiger partial charge in [-0.1, -0.05) is 0 Å². The van der Waals surface area contributed by atoms with Crippen LogP contribution in [0.3, 0.4) is 0 Å². The van der Waals surface area contributed by atoms with E-state index in [1.807, 2.05) is 0 Å². The summed E-state index contributed by atoms with van der Waals surface area (Å²) in [4.78, 5) is 0. The highest BCUT2D eigenvalue weighted by atomic mass is 16.5. The lowest BCUT2D eigenvalue weighted by molar-refractivity contribution is 0.0276. The van der Waals surface area contributed by atoms with Crippen LogP contribution < -0.4 is 5.73 Å². The lowest BCUT2D eigenvalue weighted by Crippen LogP contribution is -2.34. The summed E-state index contributed by atoms with van der Waals surface area (Å²) in [5.74, 6) is 0. The van der Waals surface area contributed by atoms with Gasteiger partial charge in [0.05, 0.1) is 12.7 Å². The first-order valence-electron chi connectivity index (χ1n) is 2.93. The molecule has 9 heavy (non-hydrogen) atoms. The predicted molar refractivity (Wildman–Crippen MR) is 30.8 cm³/mol. The molecule has 0 aliphatic carbocycles. The van der Waals surface area contributed by atoms with Crippen molar-refractivity contribution in [1.29, 1.82) is 0 Å². The van der Waals surface area contributed by atoms with E-state index in [1.165, 1.54) is 0 Å². The summed E-state index contributed by atoms with van der Waals surface area (Å²) in [5.41, 5.74) is 5.19. The average Bonchev–Trinajstić information content (AvgIpc) is 2.15. The van der Waals surface area contributed by atoms with E-state index in [0.29, 0.717) is 0 Å². The maximum absolute atomic E-state index is 9.00. The number of ether oxygens (including phenoxy) is 1. The summed E-state index contributed by atoms with van der Waals surface area (Å²) >= 11 is 0. The fraction of sp³-hybridized carbons (Fsp3) is 1.00. The van der Waals surface area contributed by atoms with Crippen LogP contribution in [0.15, 0.2) is 0 Å². The van der Waals surface area contributed by atoms with Crippen LogP contribution in [0.2, 0.25) is 0 Å². The number of nitrogens with two attached hydrogens (primary N) is 1. The van der Waals surface area contributed by atoms with Crippen LogP contribution in [0.1, 0.15) is 0 Å². The molecule has 4 N–H and O–H groups in total. The van der Waals surface area contributed by atoms with Crippen LogP contribution in [0.5, 0.6) is 0 Å². The van der Waals surface area contributed by atoms with E-state index in [1.54, 1.807) is 0 Å². The van der Waals surface area contributed by atoms with E-state index >= 15 is 0 Å². The first-order valence-corrected chi connectivity index (χ1v) is 2.93. The van der Waals surface area contributed by atoms with E-state index in [2.05, 4.69) is 0 Å². The lowest BCUT2D eigenvalue weighted by atomic mass is 10.1. The Hall–Kier alpha value is -0.160. The highest BCUT2D eigenvalue weighted by Gasteiger charge is 2.32. The topological polar surface area (TPSA) is 75.7 Å². The Labute approximate surface area is 53.2 Å². The van der Waals surface area contributed by atoms with E-state index in [0.717, 1.165) is 0 Å². The highest BCUT2D eigenvalue weighted by molar-refractivity contribution is 4.83. The molecule has 1 rings (SSSR count). The van der Waals surface area contributed by atoms with Crippen LogP contribution in [-0.2, 0) is 4.74 Å². The number of hydrogen-bond acceptors (Lipinski definition) is 4. The zero-order chi connectivity index (χ0) is 6.85. The number of aliphatic hydroxyl groups excluding tert-OH is 2. The molecule has 0 saturated carbocycles. The van der Waals surface area contributed by atoms with Gasteiger partial charge in [-0.15, -0.1) is 0 Å². The van der Waals surface area contributed by atoms with Crippen molar-refractivity contribution in [3.05, 3.63) is 0 Å². The summed E-state index contributed by atoms with van der Waals surface area (Å²) in [6, 6.07) is 0. The van der Waals surface area contributed by atoms with Gasteiger partial charge in [-0.2, -0.15) is 0 Å². The second-order valence-corrected chi connectivity index (χ2v) is 2.17. The third-order valence-corrected chi connectivity index (χ3v) is 1.49. The van der Waals surface area contributed by atoms with Gasteiger partial charge in [0.25, 0.3) is 0 Å². The molecule has 1 heterocycles. The Bertz CT molecular complexity index is 98.2. The molecular formula is C5H11NO3. The van der Waals surface area contributed by atoms with Gasteiger partial charge in [0.15, 0.2) is 0 Å². The van der Waals surface area contributed by atoms with Gasteiger partial charge in [-0.25, -0.2) is 0 Å². The number of hydrogen-bond donors (Lipinski definition) is 3. The normalized spacial score (nSPS) is 43.7. The minimum atomic E-state index is -0.796. The van der Waals surface area contributed by atoms with Gasteiger partial charge in [0.1, 0.15) is 12.2 Å². The van der Waals surface area contributed by atoms with Gasteiger partial charge in [0, 0.05) is 6.54 Å². The first kappa shape index (κ1) is 6.95. The molecule has 1 fully saturated rings. The van der Waals surface area contributed by atoms with Gasteiger partial charge in [0.2, 0.25) is 0 Å². The van der Waals surface area contributed by atoms with Gasteiger partial charge in [-0.3, -0.25) is 0 Å². The molecule has 54 valence electrons. The Balaban J connectivity index is 2.41. The number of aliphatic hydroxyl groups is 2. The minimum absolute atomic E-state index is 0.197. The van der Waals surface area contributed by atoms with Crippen molar-refractivity contribution >= 4 is 0 Å². The van der Waals surface area contributed by atoms with Crippen molar-refractivity contribution in [2.75, 3.05) is 13.2 Å². The van der Waals surface area contributed by atoms with Gasteiger partial charge in [-0.05, 0) is 0 Å². The average molecular weight is 133 g/mol.